The third-order valence-corrected chi connectivity index (χ3v) is 3.95. The van der Waals surface area contributed by atoms with Crippen molar-refractivity contribution < 1.29 is 4.39 Å². The maximum Gasteiger partial charge on any atom is 0.146 e. The van der Waals surface area contributed by atoms with Crippen molar-refractivity contribution in [3.63, 3.8) is 0 Å². The number of para-hydroxylation sites is 1. The molecule has 1 fully saturated rings. The molecule has 21 heavy (non-hydrogen) atoms. The molecule has 118 valence electrons. The Bertz CT molecular complexity index is 414. The fourth-order valence-electron chi connectivity index (χ4n) is 2.74. The molecule has 2 rings (SSSR count). The van der Waals surface area contributed by atoms with Gasteiger partial charge in [-0.1, -0.05) is 26.0 Å². The van der Waals surface area contributed by atoms with Gasteiger partial charge >= 0.3 is 0 Å². The Morgan fingerprint density at radius 1 is 1.14 bits per heavy atom. The van der Waals surface area contributed by atoms with E-state index in [2.05, 4.69) is 29.0 Å². The van der Waals surface area contributed by atoms with Crippen LogP contribution in [0.1, 0.15) is 20.3 Å². The summed E-state index contributed by atoms with van der Waals surface area (Å²) in [6.45, 7) is 11.7. The molecule has 0 aromatic heterocycles. The number of hydrogen-bond donors (Lipinski definition) is 1. The zero-order chi connectivity index (χ0) is 15.1. The van der Waals surface area contributed by atoms with Crippen molar-refractivity contribution in [2.45, 2.75) is 20.3 Å². The van der Waals surface area contributed by atoms with Crippen molar-refractivity contribution in [1.29, 1.82) is 0 Å². The van der Waals surface area contributed by atoms with Crippen molar-refractivity contribution in [3.05, 3.63) is 30.1 Å². The van der Waals surface area contributed by atoms with E-state index in [-0.39, 0.29) is 5.82 Å². The molecule has 0 saturated carbocycles. The number of hydrogen-bond acceptors (Lipinski definition) is 3. The van der Waals surface area contributed by atoms with E-state index in [9.17, 15) is 4.39 Å². The highest BCUT2D eigenvalue weighted by Crippen LogP contribution is 2.20. The summed E-state index contributed by atoms with van der Waals surface area (Å²) in [5.74, 6) is 0.609. The summed E-state index contributed by atoms with van der Waals surface area (Å²) < 4.78 is 13.8. The third kappa shape index (κ3) is 5.29. The lowest BCUT2D eigenvalue weighted by molar-refractivity contribution is 0.253. The minimum absolute atomic E-state index is 0.108. The molecule has 1 aromatic rings. The van der Waals surface area contributed by atoms with Crippen LogP contribution < -0.4 is 10.2 Å². The Morgan fingerprint density at radius 3 is 2.52 bits per heavy atom. The summed E-state index contributed by atoms with van der Waals surface area (Å²) in [5, 5.41) is 3.48. The van der Waals surface area contributed by atoms with E-state index in [0.717, 1.165) is 51.5 Å². The normalized spacial score (nSPS) is 16.7. The highest BCUT2D eigenvalue weighted by atomic mass is 19.1. The van der Waals surface area contributed by atoms with Crippen LogP contribution in [0.2, 0.25) is 0 Å². The van der Waals surface area contributed by atoms with Crippen LogP contribution in [0.3, 0.4) is 0 Å². The van der Waals surface area contributed by atoms with Gasteiger partial charge in [0.25, 0.3) is 0 Å². The largest absolute Gasteiger partial charge is 0.367 e. The fraction of sp³-hybridized carbons (Fsp3) is 0.647. The maximum atomic E-state index is 13.8. The first-order chi connectivity index (χ1) is 10.2. The number of nitrogens with one attached hydrogen (secondary N) is 1. The van der Waals surface area contributed by atoms with Gasteiger partial charge in [0.1, 0.15) is 5.82 Å². The van der Waals surface area contributed by atoms with Gasteiger partial charge < -0.3 is 10.2 Å². The first-order valence-corrected chi connectivity index (χ1v) is 8.09. The number of anilines is 1. The molecule has 0 spiro atoms. The van der Waals surface area contributed by atoms with E-state index in [4.69, 9.17) is 0 Å². The van der Waals surface area contributed by atoms with E-state index >= 15 is 0 Å². The van der Waals surface area contributed by atoms with Crippen LogP contribution in [-0.2, 0) is 0 Å². The lowest BCUT2D eigenvalue weighted by Crippen LogP contribution is -2.47. The minimum Gasteiger partial charge on any atom is -0.367 e. The van der Waals surface area contributed by atoms with Gasteiger partial charge in [-0.05, 0) is 44.1 Å². The predicted octanol–water partition coefficient (Wildman–Crippen LogP) is 2.58. The molecule has 0 aliphatic carbocycles. The molecule has 0 bridgehead atoms. The van der Waals surface area contributed by atoms with Gasteiger partial charge in [-0.2, -0.15) is 0 Å². The van der Waals surface area contributed by atoms with E-state index in [1.54, 1.807) is 12.1 Å². The molecule has 1 aliphatic heterocycles. The molecule has 1 saturated heterocycles. The lowest BCUT2D eigenvalue weighted by atomic mass is 10.2. The van der Waals surface area contributed by atoms with Gasteiger partial charge in [0.2, 0.25) is 0 Å². The van der Waals surface area contributed by atoms with Gasteiger partial charge in [0.15, 0.2) is 0 Å². The summed E-state index contributed by atoms with van der Waals surface area (Å²) in [5.41, 5.74) is 0.746. The Morgan fingerprint density at radius 2 is 1.86 bits per heavy atom. The number of benzene rings is 1. The van der Waals surface area contributed by atoms with Crippen molar-refractivity contribution in [3.8, 4) is 0 Å². The second-order valence-corrected chi connectivity index (χ2v) is 6.23. The van der Waals surface area contributed by atoms with Crippen LogP contribution >= 0.6 is 0 Å². The van der Waals surface area contributed by atoms with Crippen LogP contribution in [0.4, 0.5) is 10.1 Å². The molecule has 1 heterocycles. The SMILES string of the molecule is CC(C)CNCCCN1CCN(c2ccccc2F)CC1. The molecule has 0 amide bonds. The van der Waals surface area contributed by atoms with Crippen LogP contribution in [-0.4, -0.2) is 50.7 Å². The monoisotopic (exact) mass is 293 g/mol. The number of nitrogens with zero attached hydrogens (tertiary/aromatic N) is 2. The number of halogens is 1. The first-order valence-electron chi connectivity index (χ1n) is 8.09. The fourth-order valence-corrected chi connectivity index (χ4v) is 2.74. The summed E-state index contributed by atoms with van der Waals surface area (Å²) in [6.07, 6.45) is 1.19. The van der Waals surface area contributed by atoms with E-state index in [1.165, 1.54) is 6.42 Å². The Hall–Kier alpha value is -1.13. The molecule has 1 N–H and O–H groups in total. The van der Waals surface area contributed by atoms with Crippen molar-refractivity contribution >= 4 is 5.69 Å². The van der Waals surface area contributed by atoms with Crippen LogP contribution in [0.25, 0.3) is 0 Å². The van der Waals surface area contributed by atoms with Gasteiger partial charge in [0.05, 0.1) is 5.69 Å². The smallest absolute Gasteiger partial charge is 0.146 e. The molecule has 4 heteroatoms. The lowest BCUT2D eigenvalue weighted by Gasteiger charge is -2.36. The zero-order valence-corrected chi connectivity index (χ0v) is 13.3. The Balaban J connectivity index is 1.66. The first kappa shape index (κ1) is 16.2. The van der Waals surface area contributed by atoms with Gasteiger partial charge in [-0.15, -0.1) is 0 Å². The van der Waals surface area contributed by atoms with Crippen molar-refractivity contribution in [1.82, 2.24) is 10.2 Å². The second-order valence-electron chi connectivity index (χ2n) is 6.23. The molecule has 0 unspecified atom stereocenters. The highest BCUT2D eigenvalue weighted by molar-refractivity contribution is 5.47. The summed E-state index contributed by atoms with van der Waals surface area (Å²) in [6, 6.07) is 7.08. The van der Waals surface area contributed by atoms with Gasteiger partial charge in [-0.25, -0.2) is 4.39 Å². The molecular weight excluding hydrogens is 265 g/mol. The summed E-state index contributed by atoms with van der Waals surface area (Å²) in [7, 11) is 0. The second kappa shape index (κ2) is 8.35. The van der Waals surface area contributed by atoms with Crippen molar-refractivity contribution in [2.75, 3.05) is 50.7 Å². The summed E-state index contributed by atoms with van der Waals surface area (Å²) >= 11 is 0. The van der Waals surface area contributed by atoms with Crippen LogP contribution in [0.15, 0.2) is 24.3 Å². The molecule has 1 aromatic carbocycles. The van der Waals surface area contributed by atoms with Crippen LogP contribution in [0.5, 0.6) is 0 Å². The quantitative estimate of drug-likeness (QED) is 0.780. The van der Waals surface area contributed by atoms with Gasteiger partial charge in [0, 0.05) is 26.2 Å². The Labute approximate surface area is 128 Å². The topological polar surface area (TPSA) is 18.5 Å². The van der Waals surface area contributed by atoms with Crippen LogP contribution in [0, 0.1) is 11.7 Å². The van der Waals surface area contributed by atoms with E-state index in [0.29, 0.717) is 5.92 Å². The molecule has 3 nitrogen and oxygen atoms in total. The number of piperazine rings is 1. The van der Waals surface area contributed by atoms with E-state index < -0.39 is 0 Å². The molecular formula is C17H28FN3. The third-order valence-electron chi connectivity index (χ3n) is 3.95. The minimum atomic E-state index is -0.108. The van der Waals surface area contributed by atoms with Crippen molar-refractivity contribution in [2.24, 2.45) is 5.92 Å². The molecule has 1 aliphatic rings. The molecule has 0 atom stereocenters. The molecule has 0 radical (unpaired) electrons. The zero-order valence-electron chi connectivity index (χ0n) is 13.3. The number of rotatable bonds is 7. The standard InChI is InChI=1S/C17H28FN3/c1-15(2)14-19-8-5-9-20-10-12-21(13-11-20)17-7-4-3-6-16(17)18/h3-4,6-7,15,19H,5,8-14H2,1-2H3. The average Bonchev–Trinajstić information content (AvgIpc) is 2.48. The average molecular weight is 293 g/mol. The van der Waals surface area contributed by atoms with E-state index in [1.807, 2.05) is 12.1 Å². The maximum absolute atomic E-state index is 13.8. The predicted molar refractivity (Wildman–Crippen MR) is 87.4 cm³/mol. The summed E-state index contributed by atoms with van der Waals surface area (Å²) in [4.78, 5) is 4.64. The highest BCUT2D eigenvalue weighted by Gasteiger charge is 2.18. The van der Waals surface area contributed by atoms with Gasteiger partial charge in [-0.3, -0.25) is 4.90 Å². The Kier molecular flexibility index (Phi) is 6.46.